The van der Waals surface area contributed by atoms with E-state index in [-0.39, 0.29) is 18.6 Å². The first-order valence-corrected chi connectivity index (χ1v) is 11.1. The lowest BCUT2D eigenvalue weighted by atomic mass is 10.0. The number of likely N-dealkylation sites (tertiary alicyclic amines) is 1. The van der Waals surface area contributed by atoms with Crippen molar-refractivity contribution in [3.63, 3.8) is 0 Å². The molecule has 2 heterocycles. The summed E-state index contributed by atoms with van der Waals surface area (Å²) in [5, 5.41) is 3.97. The van der Waals surface area contributed by atoms with Crippen LogP contribution in [-0.2, 0) is 16.1 Å². The monoisotopic (exact) mass is 434 g/mol. The highest BCUT2D eigenvalue weighted by molar-refractivity contribution is 5.77. The van der Waals surface area contributed by atoms with Gasteiger partial charge in [0.05, 0.1) is 6.10 Å². The van der Waals surface area contributed by atoms with E-state index in [1.807, 2.05) is 19.1 Å². The van der Waals surface area contributed by atoms with E-state index < -0.39 is 0 Å². The molecule has 0 radical (unpaired) electrons. The van der Waals surface area contributed by atoms with Gasteiger partial charge in [-0.25, -0.2) is 0 Å². The molecule has 1 atom stereocenters. The number of rotatable bonds is 8. The molecule has 3 aromatic rings. The lowest BCUT2D eigenvalue weighted by molar-refractivity contribution is -0.136. The number of carbonyl (C=O) groups is 1. The topological polar surface area (TPSA) is 71.7 Å². The van der Waals surface area contributed by atoms with E-state index in [0.717, 1.165) is 37.2 Å². The Hall–Kier alpha value is -3.03. The number of amides is 1. The molecule has 0 N–H and O–H groups in total. The average Bonchev–Trinajstić information content (AvgIpc) is 3.46. The minimum atomic E-state index is 0.0435. The Morgan fingerprint density at radius 2 is 1.78 bits per heavy atom. The molecule has 1 aromatic heterocycles. The number of likely N-dealkylation sites (N-methyl/N-ethyl adjacent to an activating group) is 1. The summed E-state index contributed by atoms with van der Waals surface area (Å²) in [5.41, 5.74) is 4.54. The van der Waals surface area contributed by atoms with Gasteiger partial charge in [-0.05, 0) is 30.0 Å². The number of aryl methyl sites for hydroxylation is 1. The molecular formula is C25H30N4O3. The van der Waals surface area contributed by atoms with Gasteiger partial charge >= 0.3 is 0 Å². The third-order valence-electron chi connectivity index (χ3n) is 5.94. The van der Waals surface area contributed by atoms with Gasteiger partial charge < -0.3 is 14.2 Å². The second kappa shape index (κ2) is 10.1. The first-order chi connectivity index (χ1) is 15.5. The molecule has 7 nitrogen and oxygen atoms in total. The maximum absolute atomic E-state index is 11.9. The largest absolute Gasteiger partial charge is 0.367 e. The molecule has 1 aliphatic heterocycles. The molecular weight excluding hydrogens is 404 g/mol. The van der Waals surface area contributed by atoms with Crippen LogP contribution in [0.5, 0.6) is 0 Å². The van der Waals surface area contributed by atoms with Gasteiger partial charge in [0.15, 0.2) is 0 Å². The quantitative estimate of drug-likeness (QED) is 0.537. The van der Waals surface area contributed by atoms with Gasteiger partial charge in [0.25, 0.3) is 0 Å². The molecule has 0 spiro atoms. The number of nitrogens with zero attached hydrogens (tertiary/aromatic N) is 4. The van der Waals surface area contributed by atoms with Crippen molar-refractivity contribution in [2.75, 3.05) is 33.3 Å². The first kappa shape index (κ1) is 22.2. The third kappa shape index (κ3) is 5.41. The zero-order chi connectivity index (χ0) is 22.5. The maximum atomic E-state index is 11.9. The molecule has 0 aliphatic carbocycles. The van der Waals surface area contributed by atoms with E-state index in [1.165, 1.54) is 11.1 Å². The summed E-state index contributed by atoms with van der Waals surface area (Å²) < 4.78 is 10.9. The van der Waals surface area contributed by atoms with E-state index in [1.54, 1.807) is 18.9 Å². The molecule has 1 amide bonds. The van der Waals surface area contributed by atoms with E-state index in [0.29, 0.717) is 18.3 Å². The van der Waals surface area contributed by atoms with Crippen LogP contribution in [0.3, 0.4) is 0 Å². The summed E-state index contributed by atoms with van der Waals surface area (Å²) >= 11 is 0. The molecule has 168 valence electrons. The predicted molar refractivity (Wildman–Crippen MR) is 123 cm³/mol. The summed E-state index contributed by atoms with van der Waals surface area (Å²) in [6, 6.07) is 16.9. The summed E-state index contributed by atoms with van der Waals surface area (Å²) in [5.74, 6) is 1.22. The number of benzene rings is 2. The Morgan fingerprint density at radius 3 is 2.41 bits per heavy atom. The van der Waals surface area contributed by atoms with Gasteiger partial charge in [0.2, 0.25) is 17.6 Å². The Kier molecular flexibility index (Phi) is 6.97. The lowest BCUT2D eigenvalue weighted by Crippen LogP contribution is -2.32. The van der Waals surface area contributed by atoms with Crippen LogP contribution in [0.15, 0.2) is 53.1 Å². The average molecular weight is 435 g/mol. The first-order valence-electron chi connectivity index (χ1n) is 11.1. The number of aromatic nitrogens is 2. The van der Waals surface area contributed by atoms with Crippen LogP contribution in [0.1, 0.15) is 24.8 Å². The molecule has 0 saturated carbocycles. The number of ether oxygens (including phenoxy) is 1. The summed E-state index contributed by atoms with van der Waals surface area (Å²) in [6.07, 6.45) is 1.10. The number of carbonyl (C=O) groups excluding carboxylic acids is 1. The molecule has 1 saturated heterocycles. The smallest absolute Gasteiger partial charge is 0.248 e. The normalized spacial score (nSPS) is 16.4. The molecule has 32 heavy (non-hydrogen) atoms. The Bertz CT molecular complexity index is 1030. The molecule has 2 aromatic carbocycles. The second-order valence-corrected chi connectivity index (χ2v) is 8.28. The molecule has 4 rings (SSSR count). The van der Waals surface area contributed by atoms with Crippen molar-refractivity contribution in [2.45, 2.75) is 32.9 Å². The SMILES string of the molecule is CCN(C)C(=O)COC1CCN(Cc2ccc(-c3ccc(-c4noc(C)n4)cc3)cc2)C1. The molecule has 1 fully saturated rings. The summed E-state index contributed by atoms with van der Waals surface area (Å²) in [7, 11) is 1.80. The highest BCUT2D eigenvalue weighted by Crippen LogP contribution is 2.24. The fraction of sp³-hybridized carbons (Fsp3) is 0.400. The fourth-order valence-corrected chi connectivity index (χ4v) is 3.84. The van der Waals surface area contributed by atoms with Gasteiger partial charge in [-0.2, -0.15) is 4.98 Å². The fourth-order valence-electron chi connectivity index (χ4n) is 3.84. The van der Waals surface area contributed by atoms with Crippen LogP contribution in [0, 0.1) is 6.92 Å². The Morgan fingerprint density at radius 1 is 1.12 bits per heavy atom. The molecule has 1 aliphatic rings. The van der Waals surface area contributed by atoms with Crippen molar-refractivity contribution >= 4 is 5.91 Å². The van der Waals surface area contributed by atoms with Crippen LogP contribution in [-0.4, -0.2) is 65.2 Å². The molecule has 0 bridgehead atoms. The summed E-state index contributed by atoms with van der Waals surface area (Å²) in [6.45, 7) is 7.37. The lowest BCUT2D eigenvalue weighted by Gasteiger charge is -2.18. The second-order valence-electron chi connectivity index (χ2n) is 8.28. The summed E-state index contributed by atoms with van der Waals surface area (Å²) in [4.78, 5) is 20.3. The minimum Gasteiger partial charge on any atom is -0.367 e. The van der Waals surface area contributed by atoms with Crippen molar-refractivity contribution in [1.82, 2.24) is 19.9 Å². The standard InChI is InChI=1S/C25H30N4O3/c1-4-28(3)24(30)17-31-23-13-14-29(16-23)15-19-5-7-20(8-6-19)21-9-11-22(12-10-21)25-26-18(2)32-27-25/h5-12,23H,4,13-17H2,1-3H3. The van der Waals surface area contributed by atoms with E-state index >= 15 is 0 Å². The van der Waals surface area contributed by atoms with Crippen LogP contribution in [0.4, 0.5) is 0 Å². The van der Waals surface area contributed by atoms with Gasteiger partial charge in [0, 0.05) is 45.7 Å². The van der Waals surface area contributed by atoms with E-state index in [2.05, 4.69) is 51.4 Å². The van der Waals surface area contributed by atoms with Crippen molar-refractivity contribution in [3.05, 3.63) is 60.0 Å². The van der Waals surface area contributed by atoms with E-state index in [4.69, 9.17) is 9.26 Å². The molecule has 1 unspecified atom stereocenters. The minimum absolute atomic E-state index is 0.0435. The predicted octanol–water partition coefficient (Wildman–Crippen LogP) is 3.78. The highest BCUT2D eigenvalue weighted by atomic mass is 16.5. The van der Waals surface area contributed by atoms with Crippen molar-refractivity contribution in [2.24, 2.45) is 0 Å². The number of hydrogen-bond acceptors (Lipinski definition) is 6. The maximum Gasteiger partial charge on any atom is 0.248 e. The van der Waals surface area contributed by atoms with Gasteiger partial charge in [-0.1, -0.05) is 53.7 Å². The Labute approximate surface area is 189 Å². The van der Waals surface area contributed by atoms with Crippen LogP contribution >= 0.6 is 0 Å². The van der Waals surface area contributed by atoms with Gasteiger partial charge in [-0.3, -0.25) is 9.69 Å². The van der Waals surface area contributed by atoms with Gasteiger partial charge in [-0.15, -0.1) is 0 Å². The molecule has 7 heteroatoms. The third-order valence-corrected chi connectivity index (χ3v) is 5.94. The van der Waals surface area contributed by atoms with Crippen molar-refractivity contribution < 1.29 is 14.1 Å². The zero-order valence-corrected chi connectivity index (χ0v) is 19.0. The van der Waals surface area contributed by atoms with Crippen molar-refractivity contribution in [3.8, 4) is 22.5 Å². The Balaban J connectivity index is 1.29. The van der Waals surface area contributed by atoms with Crippen LogP contribution < -0.4 is 0 Å². The van der Waals surface area contributed by atoms with Crippen LogP contribution in [0.25, 0.3) is 22.5 Å². The van der Waals surface area contributed by atoms with Gasteiger partial charge in [0.1, 0.15) is 6.61 Å². The van der Waals surface area contributed by atoms with Crippen molar-refractivity contribution in [1.29, 1.82) is 0 Å². The highest BCUT2D eigenvalue weighted by Gasteiger charge is 2.24. The van der Waals surface area contributed by atoms with E-state index in [9.17, 15) is 4.79 Å². The van der Waals surface area contributed by atoms with Crippen LogP contribution in [0.2, 0.25) is 0 Å². The number of hydrogen-bond donors (Lipinski definition) is 0. The zero-order valence-electron chi connectivity index (χ0n) is 19.0.